The minimum absolute atomic E-state index is 0.323. The predicted molar refractivity (Wildman–Crippen MR) is 82.1 cm³/mol. The van der Waals surface area contributed by atoms with Gasteiger partial charge in [-0.1, -0.05) is 20.8 Å². The smallest absolute Gasteiger partial charge is 0.0332 e. The van der Waals surface area contributed by atoms with Gasteiger partial charge in [-0.05, 0) is 37.5 Å². The van der Waals surface area contributed by atoms with Crippen molar-refractivity contribution in [1.29, 1.82) is 0 Å². The molecule has 1 heterocycles. The Labute approximate surface area is 117 Å². The summed E-state index contributed by atoms with van der Waals surface area (Å²) in [4.78, 5) is 2.74. The lowest BCUT2D eigenvalue weighted by Gasteiger charge is -2.52. The van der Waals surface area contributed by atoms with E-state index in [4.69, 9.17) is 5.73 Å². The molecular weight excluding hydrogens is 240 g/mol. The van der Waals surface area contributed by atoms with Crippen molar-refractivity contribution in [1.82, 2.24) is 4.90 Å². The molecule has 1 aliphatic heterocycles. The minimum atomic E-state index is 0.323. The largest absolute Gasteiger partial charge is 0.329 e. The first-order valence-corrected chi connectivity index (χ1v) is 8.63. The molecule has 0 aromatic heterocycles. The summed E-state index contributed by atoms with van der Waals surface area (Å²) >= 11 is 2.16. The van der Waals surface area contributed by atoms with E-state index in [1.54, 1.807) is 0 Å². The Kier molecular flexibility index (Phi) is 4.66. The molecule has 106 valence electrons. The van der Waals surface area contributed by atoms with Gasteiger partial charge in [-0.2, -0.15) is 11.8 Å². The maximum absolute atomic E-state index is 6.20. The molecule has 0 bridgehead atoms. The van der Waals surface area contributed by atoms with Crippen LogP contribution in [0.25, 0.3) is 0 Å². The molecule has 1 saturated heterocycles. The zero-order valence-electron chi connectivity index (χ0n) is 12.4. The highest BCUT2D eigenvalue weighted by molar-refractivity contribution is 8.00. The lowest BCUT2D eigenvalue weighted by molar-refractivity contribution is 0.0250. The molecule has 1 aliphatic carbocycles. The van der Waals surface area contributed by atoms with Crippen molar-refractivity contribution in [2.24, 2.45) is 11.1 Å². The predicted octanol–water partition coefficient (Wildman–Crippen LogP) is 3.11. The van der Waals surface area contributed by atoms with Crippen LogP contribution in [0.4, 0.5) is 0 Å². The second kappa shape index (κ2) is 5.72. The summed E-state index contributed by atoms with van der Waals surface area (Å²) in [5, 5.41) is 0.831. The molecule has 3 heteroatoms. The van der Waals surface area contributed by atoms with Crippen molar-refractivity contribution in [3.63, 3.8) is 0 Å². The highest BCUT2D eigenvalue weighted by Crippen LogP contribution is 2.43. The summed E-state index contributed by atoms with van der Waals surface area (Å²) < 4.78 is 0. The van der Waals surface area contributed by atoms with Crippen LogP contribution < -0.4 is 5.73 Å². The Bertz CT molecular complexity index is 268. The number of hydrogen-bond donors (Lipinski definition) is 1. The van der Waals surface area contributed by atoms with Crippen molar-refractivity contribution in [3.8, 4) is 0 Å². The van der Waals surface area contributed by atoms with Gasteiger partial charge in [0, 0.05) is 36.2 Å². The van der Waals surface area contributed by atoms with Crippen LogP contribution in [0.1, 0.15) is 52.9 Å². The summed E-state index contributed by atoms with van der Waals surface area (Å²) in [5.41, 5.74) is 7.05. The zero-order chi connectivity index (χ0) is 13.2. The second-order valence-corrected chi connectivity index (χ2v) is 8.35. The van der Waals surface area contributed by atoms with Crippen molar-refractivity contribution in [3.05, 3.63) is 0 Å². The maximum Gasteiger partial charge on any atom is 0.0332 e. The van der Waals surface area contributed by atoms with Crippen LogP contribution in [0, 0.1) is 5.41 Å². The van der Waals surface area contributed by atoms with Crippen LogP contribution >= 0.6 is 11.8 Å². The summed E-state index contributed by atoms with van der Waals surface area (Å²) in [7, 11) is 0. The van der Waals surface area contributed by atoms with Gasteiger partial charge in [0.1, 0.15) is 0 Å². The van der Waals surface area contributed by atoms with Crippen LogP contribution in [-0.4, -0.2) is 41.1 Å². The molecule has 1 unspecified atom stereocenters. The highest BCUT2D eigenvalue weighted by atomic mass is 32.2. The van der Waals surface area contributed by atoms with Crippen molar-refractivity contribution in [2.45, 2.75) is 63.7 Å². The van der Waals surface area contributed by atoms with E-state index in [2.05, 4.69) is 37.4 Å². The van der Waals surface area contributed by atoms with Crippen LogP contribution in [0.3, 0.4) is 0 Å². The Morgan fingerprint density at radius 1 is 1.22 bits per heavy atom. The van der Waals surface area contributed by atoms with Gasteiger partial charge in [-0.3, -0.25) is 4.90 Å². The molecule has 2 rings (SSSR count). The molecule has 18 heavy (non-hydrogen) atoms. The summed E-state index contributed by atoms with van der Waals surface area (Å²) in [6.45, 7) is 10.5. The monoisotopic (exact) mass is 270 g/mol. The van der Waals surface area contributed by atoms with E-state index in [0.29, 0.717) is 11.0 Å². The average molecular weight is 270 g/mol. The van der Waals surface area contributed by atoms with E-state index in [0.717, 1.165) is 11.8 Å². The normalized spacial score (nSPS) is 32.3. The first-order chi connectivity index (χ1) is 8.51. The zero-order valence-corrected chi connectivity index (χ0v) is 13.2. The van der Waals surface area contributed by atoms with Gasteiger partial charge < -0.3 is 5.73 Å². The van der Waals surface area contributed by atoms with E-state index in [1.807, 2.05) is 0 Å². The second-order valence-electron chi connectivity index (χ2n) is 6.94. The molecule has 2 aliphatic rings. The molecule has 1 atom stereocenters. The molecule has 2 fully saturated rings. The van der Waals surface area contributed by atoms with E-state index in [9.17, 15) is 0 Å². The Balaban J connectivity index is 2.03. The topological polar surface area (TPSA) is 29.3 Å². The molecule has 2 nitrogen and oxygen atoms in total. The molecule has 0 aromatic carbocycles. The molecular formula is C15H30N2S. The van der Waals surface area contributed by atoms with E-state index in [-0.39, 0.29) is 0 Å². The molecule has 0 amide bonds. The van der Waals surface area contributed by atoms with Gasteiger partial charge in [0.25, 0.3) is 0 Å². The van der Waals surface area contributed by atoms with Crippen molar-refractivity contribution < 1.29 is 0 Å². The van der Waals surface area contributed by atoms with Crippen LogP contribution in [-0.2, 0) is 0 Å². The Hall–Kier alpha value is 0.270. The fourth-order valence-electron chi connectivity index (χ4n) is 3.44. The molecule has 2 N–H and O–H groups in total. The van der Waals surface area contributed by atoms with Gasteiger partial charge in [-0.15, -0.1) is 0 Å². The summed E-state index contributed by atoms with van der Waals surface area (Å²) in [6.07, 6.45) is 6.58. The lowest BCUT2D eigenvalue weighted by Crippen LogP contribution is -2.59. The first-order valence-electron chi connectivity index (χ1n) is 7.58. The van der Waals surface area contributed by atoms with E-state index >= 15 is 0 Å². The van der Waals surface area contributed by atoms with Crippen molar-refractivity contribution >= 4 is 11.8 Å². The van der Waals surface area contributed by atoms with Crippen LogP contribution in [0.15, 0.2) is 0 Å². The van der Waals surface area contributed by atoms with E-state index in [1.165, 1.54) is 50.9 Å². The summed E-state index contributed by atoms with van der Waals surface area (Å²) in [6, 6.07) is 0. The number of rotatable bonds is 3. The van der Waals surface area contributed by atoms with Gasteiger partial charge in [-0.25, -0.2) is 0 Å². The van der Waals surface area contributed by atoms with Gasteiger partial charge >= 0.3 is 0 Å². The average Bonchev–Trinajstić information content (AvgIpc) is 2.39. The fraction of sp³-hybridized carbons (Fsp3) is 1.00. The quantitative estimate of drug-likeness (QED) is 0.854. The molecule has 1 saturated carbocycles. The minimum Gasteiger partial charge on any atom is -0.329 e. The third-order valence-electron chi connectivity index (χ3n) is 5.18. The molecule has 0 aromatic rings. The first kappa shape index (κ1) is 14.7. The van der Waals surface area contributed by atoms with Crippen LogP contribution in [0.5, 0.6) is 0 Å². The molecule has 0 spiro atoms. The third-order valence-corrected chi connectivity index (χ3v) is 6.55. The maximum atomic E-state index is 6.20. The molecule has 0 radical (unpaired) electrons. The number of nitrogens with two attached hydrogens (primary N) is 1. The van der Waals surface area contributed by atoms with Gasteiger partial charge in [0.2, 0.25) is 0 Å². The lowest BCUT2D eigenvalue weighted by atomic mass is 9.68. The van der Waals surface area contributed by atoms with E-state index < -0.39 is 0 Å². The standard InChI is InChI=1S/C15H30N2S/c1-4-13-11-17(9-10-18-13)15(12-16)7-5-14(2,3)6-8-15/h13H,4-12,16H2,1-3H3. The van der Waals surface area contributed by atoms with Crippen molar-refractivity contribution in [2.75, 3.05) is 25.4 Å². The SMILES string of the molecule is CCC1CN(C2(CN)CCC(C)(C)CC2)CCS1. The summed E-state index contributed by atoms with van der Waals surface area (Å²) in [5.74, 6) is 1.30. The van der Waals surface area contributed by atoms with Crippen LogP contribution in [0.2, 0.25) is 0 Å². The Morgan fingerprint density at radius 3 is 2.44 bits per heavy atom. The number of thioether (sulfide) groups is 1. The third kappa shape index (κ3) is 3.05. The van der Waals surface area contributed by atoms with Gasteiger partial charge in [0.15, 0.2) is 0 Å². The number of nitrogens with zero attached hydrogens (tertiary/aromatic N) is 1. The number of hydrogen-bond acceptors (Lipinski definition) is 3. The Morgan fingerprint density at radius 2 is 1.89 bits per heavy atom. The van der Waals surface area contributed by atoms with Gasteiger partial charge in [0.05, 0.1) is 0 Å². The fourth-order valence-corrected chi connectivity index (χ4v) is 4.62. The highest BCUT2D eigenvalue weighted by Gasteiger charge is 2.42.